The van der Waals surface area contributed by atoms with E-state index in [0.29, 0.717) is 11.7 Å². The van der Waals surface area contributed by atoms with Gasteiger partial charge in [0.25, 0.3) is 0 Å². The molecular formula is C16H21N3OS. The average molecular weight is 303 g/mol. The fourth-order valence-corrected chi connectivity index (χ4v) is 3.91. The van der Waals surface area contributed by atoms with Crippen LogP contribution in [-0.4, -0.2) is 35.9 Å². The third-order valence-electron chi connectivity index (χ3n) is 4.00. The van der Waals surface area contributed by atoms with E-state index in [0.717, 1.165) is 22.7 Å². The molecule has 0 atom stereocenters. The van der Waals surface area contributed by atoms with E-state index in [1.807, 2.05) is 31.3 Å². The number of nitrogens with one attached hydrogen (secondary N) is 1. The summed E-state index contributed by atoms with van der Waals surface area (Å²) in [4.78, 5) is 18.6. The van der Waals surface area contributed by atoms with Crippen molar-refractivity contribution in [3.05, 3.63) is 24.3 Å². The van der Waals surface area contributed by atoms with Crippen molar-refractivity contribution in [3.8, 4) is 0 Å². The van der Waals surface area contributed by atoms with Gasteiger partial charge in [0, 0.05) is 6.54 Å². The summed E-state index contributed by atoms with van der Waals surface area (Å²) in [5.41, 5.74) is 0.942. The molecule has 5 heteroatoms. The van der Waals surface area contributed by atoms with Gasteiger partial charge < -0.3 is 5.32 Å². The second-order valence-corrected chi connectivity index (χ2v) is 6.91. The number of thiazole rings is 1. The van der Waals surface area contributed by atoms with Crippen LogP contribution in [0.5, 0.6) is 0 Å². The van der Waals surface area contributed by atoms with Gasteiger partial charge in [-0.2, -0.15) is 0 Å². The highest BCUT2D eigenvalue weighted by Gasteiger charge is 2.18. The molecule has 2 aromatic rings. The van der Waals surface area contributed by atoms with Crippen LogP contribution in [0.2, 0.25) is 0 Å². The van der Waals surface area contributed by atoms with Crippen LogP contribution in [0.25, 0.3) is 10.2 Å². The molecule has 1 aliphatic rings. The minimum Gasteiger partial charge on any atom is -0.301 e. The lowest BCUT2D eigenvalue weighted by molar-refractivity contribution is -0.117. The number of fused-ring (bicyclic) bond motifs is 1. The van der Waals surface area contributed by atoms with Gasteiger partial charge in [0.05, 0.1) is 16.8 Å². The SMILES string of the molecule is CN(CC(=O)Nc1nc2ccccc2s1)CC1CCCC1. The molecule has 1 aromatic carbocycles. The van der Waals surface area contributed by atoms with Crippen molar-refractivity contribution in [2.24, 2.45) is 5.92 Å². The van der Waals surface area contributed by atoms with Crippen molar-refractivity contribution in [3.63, 3.8) is 0 Å². The number of amides is 1. The van der Waals surface area contributed by atoms with Crippen molar-refractivity contribution < 1.29 is 4.79 Å². The monoisotopic (exact) mass is 303 g/mol. The van der Waals surface area contributed by atoms with Crippen LogP contribution in [-0.2, 0) is 4.79 Å². The molecule has 0 saturated heterocycles. The fourth-order valence-electron chi connectivity index (χ4n) is 3.03. The third-order valence-corrected chi connectivity index (χ3v) is 4.95. The van der Waals surface area contributed by atoms with Crippen LogP contribution in [0.4, 0.5) is 5.13 Å². The molecule has 1 aromatic heterocycles. The molecule has 0 bridgehead atoms. The molecule has 0 radical (unpaired) electrons. The summed E-state index contributed by atoms with van der Waals surface area (Å²) in [6.45, 7) is 1.46. The molecule has 1 saturated carbocycles. The summed E-state index contributed by atoms with van der Waals surface area (Å²) in [7, 11) is 2.02. The smallest absolute Gasteiger partial charge is 0.240 e. The summed E-state index contributed by atoms with van der Waals surface area (Å²) in [5.74, 6) is 0.791. The van der Waals surface area contributed by atoms with Gasteiger partial charge in [-0.1, -0.05) is 36.3 Å². The molecule has 0 aliphatic heterocycles. The lowest BCUT2D eigenvalue weighted by Gasteiger charge is -2.19. The largest absolute Gasteiger partial charge is 0.301 e. The number of likely N-dealkylation sites (N-methyl/N-ethyl adjacent to an activating group) is 1. The lowest BCUT2D eigenvalue weighted by atomic mass is 10.1. The summed E-state index contributed by atoms with van der Waals surface area (Å²) < 4.78 is 1.10. The van der Waals surface area contributed by atoms with Crippen molar-refractivity contribution in [1.29, 1.82) is 0 Å². The summed E-state index contributed by atoms with van der Waals surface area (Å²) >= 11 is 1.52. The molecule has 0 spiro atoms. The summed E-state index contributed by atoms with van der Waals surface area (Å²) in [6, 6.07) is 7.94. The van der Waals surface area contributed by atoms with Gasteiger partial charge in [-0.3, -0.25) is 9.69 Å². The average Bonchev–Trinajstić information content (AvgIpc) is 3.06. The van der Waals surface area contributed by atoms with Crippen molar-refractivity contribution in [2.45, 2.75) is 25.7 Å². The molecule has 112 valence electrons. The number of anilines is 1. The van der Waals surface area contributed by atoms with E-state index in [2.05, 4.69) is 15.2 Å². The van der Waals surface area contributed by atoms with E-state index in [1.165, 1.54) is 37.0 Å². The Kier molecular flexibility index (Phi) is 4.51. The number of carbonyl (C=O) groups excluding carboxylic acids is 1. The number of para-hydroxylation sites is 1. The van der Waals surface area contributed by atoms with Gasteiger partial charge >= 0.3 is 0 Å². The quantitative estimate of drug-likeness (QED) is 0.921. The van der Waals surface area contributed by atoms with E-state index in [-0.39, 0.29) is 5.91 Å². The van der Waals surface area contributed by atoms with E-state index in [1.54, 1.807) is 0 Å². The number of benzene rings is 1. The molecule has 1 heterocycles. The predicted octanol–water partition coefficient (Wildman–Crippen LogP) is 3.36. The summed E-state index contributed by atoms with van der Waals surface area (Å²) in [5, 5.41) is 3.60. The maximum Gasteiger partial charge on any atom is 0.240 e. The van der Waals surface area contributed by atoms with Crippen molar-refractivity contribution in [2.75, 3.05) is 25.5 Å². The van der Waals surface area contributed by atoms with Crippen LogP contribution in [0.1, 0.15) is 25.7 Å². The fraction of sp³-hybridized carbons (Fsp3) is 0.500. The molecule has 3 rings (SSSR count). The highest BCUT2D eigenvalue weighted by molar-refractivity contribution is 7.22. The molecule has 1 fully saturated rings. The van der Waals surface area contributed by atoms with Crippen molar-refractivity contribution in [1.82, 2.24) is 9.88 Å². The number of aromatic nitrogens is 1. The number of hydrogen-bond acceptors (Lipinski definition) is 4. The Bertz CT molecular complexity index is 586. The first-order valence-corrected chi connectivity index (χ1v) is 8.36. The van der Waals surface area contributed by atoms with Gasteiger partial charge in [-0.15, -0.1) is 0 Å². The Morgan fingerprint density at radius 3 is 2.90 bits per heavy atom. The molecule has 0 unspecified atom stereocenters. The normalized spacial score (nSPS) is 15.9. The highest BCUT2D eigenvalue weighted by Crippen LogP contribution is 2.26. The van der Waals surface area contributed by atoms with Crippen LogP contribution >= 0.6 is 11.3 Å². The van der Waals surface area contributed by atoms with E-state index in [4.69, 9.17) is 0 Å². The maximum atomic E-state index is 12.1. The first kappa shape index (κ1) is 14.5. The first-order chi connectivity index (χ1) is 10.2. The third kappa shape index (κ3) is 3.80. The molecular weight excluding hydrogens is 282 g/mol. The second-order valence-electron chi connectivity index (χ2n) is 5.88. The van der Waals surface area contributed by atoms with Crippen LogP contribution in [0.3, 0.4) is 0 Å². The molecule has 1 amide bonds. The zero-order chi connectivity index (χ0) is 14.7. The molecule has 1 N–H and O–H groups in total. The van der Waals surface area contributed by atoms with Crippen LogP contribution < -0.4 is 5.32 Å². The standard InChI is InChI=1S/C16H21N3OS/c1-19(10-12-6-2-3-7-12)11-15(20)18-16-17-13-8-4-5-9-14(13)21-16/h4-5,8-9,12H,2-3,6-7,10-11H2,1H3,(H,17,18,20). The highest BCUT2D eigenvalue weighted by atomic mass is 32.1. The Balaban J connectivity index is 1.53. The zero-order valence-electron chi connectivity index (χ0n) is 12.3. The van der Waals surface area contributed by atoms with E-state index < -0.39 is 0 Å². The molecule has 4 nitrogen and oxygen atoms in total. The molecule has 21 heavy (non-hydrogen) atoms. The number of rotatable bonds is 5. The van der Waals surface area contributed by atoms with Gasteiger partial charge in [0.1, 0.15) is 0 Å². The van der Waals surface area contributed by atoms with Crippen LogP contribution in [0, 0.1) is 5.92 Å². The first-order valence-electron chi connectivity index (χ1n) is 7.54. The van der Waals surface area contributed by atoms with Gasteiger partial charge in [-0.05, 0) is 37.9 Å². The van der Waals surface area contributed by atoms with E-state index in [9.17, 15) is 4.79 Å². The zero-order valence-corrected chi connectivity index (χ0v) is 13.2. The number of hydrogen-bond donors (Lipinski definition) is 1. The molecule has 1 aliphatic carbocycles. The Morgan fingerprint density at radius 2 is 2.14 bits per heavy atom. The lowest BCUT2D eigenvalue weighted by Crippen LogP contribution is -2.33. The van der Waals surface area contributed by atoms with Gasteiger partial charge in [0.2, 0.25) is 5.91 Å². The predicted molar refractivity (Wildman–Crippen MR) is 87.7 cm³/mol. The minimum atomic E-state index is 0.0227. The van der Waals surface area contributed by atoms with Gasteiger partial charge in [0.15, 0.2) is 5.13 Å². The Hall–Kier alpha value is -1.46. The topological polar surface area (TPSA) is 45.2 Å². The second kappa shape index (κ2) is 6.54. The van der Waals surface area contributed by atoms with E-state index >= 15 is 0 Å². The van der Waals surface area contributed by atoms with Crippen molar-refractivity contribution >= 4 is 32.6 Å². The van der Waals surface area contributed by atoms with Crippen LogP contribution in [0.15, 0.2) is 24.3 Å². The number of nitrogens with zero attached hydrogens (tertiary/aromatic N) is 2. The maximum absolute atomic E-state index is 12.1. The van der Waals surface area contributed by atoms with Gasteiger partial charge in [-0.25, -0.2) is 4.98 Å². The number of carbonyl (C=O) groups is 1. The minimum absolute atomic E-state index is 0.0227. The Labute approximate surface area is 129 Å². The summed E-state index contributed by atoms with van der Waals surface area (Å²) in [6.07, 6.45) is 5.31. The Morgan fingerprint density at radius 1 is 1.38 bits per heavy atom.